The zero-order valence-corrected chi connectivity index (χ0v) is 12.9. The Kier molecular flexibility index (Phi) is 4.19. The number of carbonyl (C=O) groups is 1. The number of fused-ring (bicyclic) bond motifs is 1. The Balaban J connectivity index is 2.14. The second kappa shape index (κ2) is 6.14. The number of benzene rings is 2. The van der Waals surface area contributed by atoms with Crippen molar-refractivity contribution in [2.24, 2.45) is 0 Å². The summed E-state index contributed by atoms with van der Waals surface area (Å²) in [5.74, 6) is 0. The fourth-order valence-electron chi connectivity index (χ4n) is 2.61. The van der Waals surface area contributed by atoms with E-state index in [1.54, 1.807) is 31.3 Å². The monoisotopic (exact) mass is 337 g/mol. The summed E-state index contributed by atoms with van der Waals surface area (Å²) in [4.78, 5) is 13.8. The van der Waals surface area contributed by atoms with Gasteiger partial charge in [0.25, 0.3) is 6.43 Å². The Morgan fingerprint density at radius 1 is 1.26 bits per heavy atom. The number of hydrogen-bond donors (Lipinski definition) is 2. The number of alkyl halides is 2. The van der Waals surface area contributed by atoms with Crippen LogP contribution in [-0.4, -0.2) is 13.1 Å². The standard InChI is InChI=1S/C16H14ClF2N3O/c1-20-15-12-6-5-10(17)8-13(12)22(16(23)21-15)11-4-2-3-9(7-11)14(18)19/h2-8,14-15,20H,1H3,(H,21,23). The second-order valence-corrected chi connectivity index (χ2v) is 5.54. The van der Waals surface area contributed by atoms with Gasteiger partial charge in [0.1, 0.15) is 6.17 Å². The first-order valence-electron chi connectivity index (χ1n) is 6.96. The average Bonchev–Trinajstić information content (AvgIpc) is 2.53. The molecule has 0 saturated carbocycles. The summed E-state index contributed by atoms with van der Waals surface area (Å²) in [6, 6.07) is 10.5. The summed E-state index contributed by atoms with van der Waals surface area (Å²) in [5.41, 5.74) is 1.58. The Morgan fingerprint density at radius 2 is 2.04 bits per heavy atom. The minimum Gasteiger partial charge on any atom is -0.318 e. The predicted molar refractivity (Wildman–Crippen MR) is 85.3 cm³/mol. The lowest BCUT2D eigenvalue weighted by atomic mass is 10.1. The second-order valence-electron chi connectivity index (χ2n) is 5.11. The third-order valence-corrected chi connectivity index (χ3v) is 3.92. The molecule has 4 nitrogen and oxygen atoms in total. The van der Waals surface area contributed by atoms with Gasteiger partial charge in [-0.1, -0.05) is 29.8 Å². The quantitative estimate of drug-likeness (QED) is 0.874. The Morgan fingerprint density at radius 3 is 2.74 bits per heavy atom. The molecule has 0 radical (unpaired) electrons. The molecular formula is C16H14ClF2N3O. The van der Waals surface area contributed by atoms with Crippen molar-refractivity contribution in [3.05, 3.63) is 58.6 Å². The summed E-state index contributed by atoms with van der Waals surface area (Å²) in [6.45, 7) is 0. The zero-order chi connectivity index (χ0) is 16.6. The molecule has 1 aliphatic heterocycles. The number of anilines is 2. The van der Waals surface area contributed by atoms with E-state index in [0.717, 1.165) is 5.56 Å². The molecule has 2 aromatic carbocycles. The number of carbonyl (C=O) groups excluding carboxylic acids is 1. The maximum Gasteiger partial charge on any atom is 0.328 e. The molecule has 0 aromatic heterocycles. The molecule has 0 saturated heterocycles. The summed E-state index contributed by atoms with van der Waals surface area (Å²) in [6.07, 6.45) is -2.98. The molecule has 1 heterocycles. The van der Waals surface area contributed by atoms with E-state index in [2.05, 4.69) is 10.6 Å². The maximum absolute atomic E-state index is 12.9. The van der Waals surface area contributed by atoms with Gasteiger partial charge in [-0.15, -0.1) is 0 Å². The molecule has 0 bridgehead atoms. The van der Waals surface area contributed by atoms with Gasteiger partial charge in [0.2, 0.25) is 0 Å². The third kappa shape index (κ3) is 2.87. The molecule has 23 heavy (non-hydrogen) atoms. The number of amides is 2. The molecule has 1 atom stereocenters. The SMILES string of the molecule is CNC1NC(=O)N(c2cccc(C(F)F)c2)c2cc(Cl)ccc21. The molecule has 1 unspecified atom stereocenters. The normalized spacial score (nSPS) is 17.2. The van der Waals surface area contributed by atoms with Crippen LogP contribution in [0.5, 0.6) is 0 Å². The van der Waals surface area contributed by atoms with Gasteiger partial charge < -0.3 is 5.32 Å². The fourth-order valence-corrected chi connectivity index (χ4v) is 2.78. The largest absolute Gasteiger partial charge is 0.328 e. The van der Waals surface area contributed by atoms with Gasteiger partial charge in [-0.2, -0.15) is 0 Å². The molecule has 120 valence electrons. The van der Waals surface area contributed by atoms with Crippen molar-refractivity contribution < 1.29 is 13.6 Å². The predicted octanol–water partition coefficient (Wildman–Crippen LogP) is 4.36. The van der Waals surface area contributed by atoms with Crippen LogP contribution in [0, 0.1) is 0 Å². The van der Waals surface area contributed by atoms with Crippen molar-refractivity contribution in [3.8, 4) is 0 Å². The number of nitrogens with one attached hydrogen (secondary N) is 2. The third-order valence-electron chi connectivity index (χ3n) is 3.68. The topological polar surface area (TPSA) is 44.4 Å². The summed E-state index contributed by atoms with van der Waals surface area (Å²) in [5, 5.41) is 6.24. The van der Waals surface area contributed by atoms with Crippen LogP contribution in [-0.2, 0) is 0 Å². The lowest BCUT2D eigenvalue weighted by Crippen LogP contribution is -2.48. The molecule has 1 aliphatic rings. The number of nitrogens with zero attached hydrogens (tertiary/aromatic N) is 1. The van der Waals surface area contributed by atoms with E-state index < -0.39 is 12.5 Å². The van der Waals surface area contributed by atoms with Gasteiger partial charge >= 0.3 is 6.03 Å². The molecule has 2 N–H and O–H groups in total. The number of rotatable bonds is 3. The lowest BCUT2D eigenvalue weighted by molar-refractivity contribution is 0.151. The van der Waals surface area contributed by atoms with Crippen molar-refractivity contribution in [2.75, 3.05) is 11.9 Å². The molecule has 2 aromatic rings. The number of halogens is 3. The Bertz CT molecular complexity index is 754. The van der Waals surface area contributed by atoms with E-state index in [4.69, 9.17) is 11.6 Å². The summed E-state index contributed by atoms with van der Waals surface area (Å²) in [7, 11) is 1.72. The van der Waals surface area contributed by atoms with E-state index in [-0.39, 0.29) is 11.7 Å². The van der Waals surface area contributed by atoms with Crippen LogP contribution in [0.1, 0.15) is 23.7 Å². The molecule has 7 heteroatoms. The van der Waals surface area contributed by atoms with E-state index in [1.165, 1.54) is 23.1 Å². The first-order valence-corrected chi connectivity index (χ1v) is 7.34. The van der Waals surface area contributed by atoms with Crippen LogP contribution in [0.3, 0.4) is 0 Å². The minimum atomic E-state index is -2.60. The van der Waals surface area contributed by atoms with Gasteiger partial charge in [0, 0.05) is 16.1 Å². The van der Waals surface area contributed by atoms with Crippen molar-refractivity contribution in [3.63, 3.8) is 0 Å². The van der Waals surface area contributed by atoms with Gasteiger partial charge in [-0.05, 0) is 31.3 Å². The van der Waals surface area contributed by atoms with Crippen LogP contribution < -0.4 is 15.5 Å². The Hall–Kier alpha value is -2.18. The number of urea groups is 1. The van der Waals surface area contributed by atoms with E-state index >= 15 is 0 Å². The highest BCUT2D eigenvalue weighted by Crippen LogP contribution is 2.37. The van der Waals surface area contributed by atoms with Crippen molar-refractivity contribution >= 4 is 29.0 Å². The Labute approximate surface area is 137 Å². The average molecular weight is 338 g/mol. The fraction of sp³-hybridized carbons (Fsp3) is 0.188. The van der Waals surface area contributed by atoms with E-state index in [1.807, 2.05) is 0 Å². The number of hydrogen-bond acceptors (Lipinski definition) is 2. The minimum absolute atomic E-state index is 0.144. The lowest BCUT2D eigenvalue weighted by Gasteiger charge is -2.35. The van der Waals surface area contributed by atoms with Crippen molar-refractivity contribution in [1.82, 2.24) is 10.6 Å². The molecule has 0 aliphatic carbocycles. The molecule has 3 rings (SSSR count). The van der Waals surface area contributed by atoms with Gasteiger partial charge in [-0.3, -0.25) is 10.2 Å². The smallest absolute Gasteiger partial charge is 0.318 e. The van der Waals surface area contributed by atoms with Crippen LogP contribution in [0.2, 0.25) is 5.02 Å². The van der Waals surface area contributed by atoms with Crippen LogP contribution in [0.4, 0.5) is 25.0 Å². The van der Waals surface area contributed by atoms with Crippen molar-refractivity contribution in [2.45, 2.75) is 12.6 Å². The van der Waals surface area contributed by atoms with E-state index in [9.17, 15) is 13.6 Å². The molecular weight excluding hydrogens is 324 g/mol. The summed E-state index contributed by atoms with van der Waals surface area (Å²) >= 11 is 6.05. The van der Waals surface area contributed by atoms with Crippen LogP contribution >= 0.6 is 11.6 Å². The summed E-state index contributed by atoms with van der Waals surface area (Å²) < 4.78 is 25.9. The van der Waals surface area contributed by atoms with E-state index in [0.29, 0.717) is 16.4 Å². The van der Waals surface area contributed by atoms with Gasteiger partial charge in [0.15, 0.2) is 0 Å². The highest BCUT2D eigenvalue weighted by atomic mass is 35.5. The van der Waals surface area contributed by atoms with Gasteiger partial charge in [-0.25, -0.2) is 13.6 Å². The molecule has 0 spiro atoms. The first kappa shape index (κ1) is 15.7. The first-order chi connectivity index (χ1) is 11.0. The molecule has 0 fully saturated rings. The van der Waals surface area contributed by atoms with Crippen LogP contribution in [0.25, 0.3) is 0 Å². The maximum atomic E-state index is 12.9. The van der Waals surface area contributed by atoms with Gasteiger partial charge in [0.05, 0.1) is 11.4 Å². The zero-order valence-electron chi connectivity index (χ0n) is 12.2. The highest BCUT2D eigenvalue weighted by molar-refractivity contribution is 6.31. The van der Waals surface area contributed by atoms with Crippen LogP contribution in [0.15, 0.2) is 42.5 Å². The highest BCUT2D eigenvalue weighted by Gasteiger charge is 2.31. The molecule has 2 amide bonds. The van der Waals surface area contributed by atoms with Crippen molar-refractivity contribution in [1.29, 1.82) is 0 Å².